The highest BCUT2D eigenvalue weighted by atomic mass is 19.1. The first-order chi connectivity index (χ1) is 8.72. The van der Waals surface area contributed by atoms with Crippen LogP contribution >= 0.6 is 0 Å². The molecule has 4 nitrogen and oxygen atoms in total. The Morgan fingerprint density at radius 1 is 1.17 bits per heavy atom. The van der Waals surface area contributed by atoms with Crippen molar-refractivity contribution in [1.29, 1.82) is 0 Å². The molecule has 0 fully saturated rings. The van der Waals surface area contributed by atoms with Gasteiger partial charge in [0.25, 0.3) is 0 Å². The second-order valence-electron chi connectivity index (χ2n) is 3.89. The number of oxazole rings is 1. The number of aromatic nitrogens is 1. The molecule has 0 spiro atoms. The first kappa shape index (κ1) is 10.6. The van der Waals surface area contributed by atoms with Crippen molar-refractivity contribution in [1.82, 2.24) is 4.98 Å². The van der Waals surface area contributed by atoms with E-state index in [1.807, 2.05) is 18.2 Å². The van der Waals surface area contributed by atoms with Gasteiger partial charge >= 0.3 is 0 Å². The largest absolute Gasteiger partial charge is 0.443 e. The Labute approximate surface area is 102 Å². The van der Waals surface area contributed by atoms with Gasteiger partial charge in [0, 0.05) is 11.8 Å². The Morgan fingerprint density at radius 2 is 2.06 bits per heavy atom. The van der Waals surface area contributed by atoms with E-state index < -0.39 is 0 Å². The van der Waals surface area contributed by atoms with E-state index >= 15 is 0 Å². The summed E-state index contributed by atoms with van der Waals surface area (Å²) in [4.78, 5) is 4.03. The van der Waals surface area contributed by atoms with Crippen molar-refractivity contribution in [2.45, 2.75) is 0 Å². The predicted octanol–water partition coefficient (Wildman–Crippen LogP) is 3.29. The number of rotatable bonds is 2. The van der Waals surface area contributed by atoms with Crippen LogP contribution in [0.15, 0.2) is 47.2 Å². The first-order valence-corrected chi connectivity index (χ1v) is 5.38. The Bertz CT molecular complexity index is 708. The molecule has 2 aromatic carbocycles. The maximum atomic E-state index is 12.9. The van der Waals surface area contributed by atoms with Crippen LogP contribution in [0.5, 0.6) is 0 Å². The molecule has 0 unspecified atom stereocenters. The topological polar surface area (TPSA) is 64.1 Å². The summed E-state index contributed by atoms with van der Waals surface area (Å²) in [6.45, 7) is 0. The van der Waals surface area contributed by atoms with Gasteiger partial charge in [-0.1, -0.05) is 0 Å². The lowest BCUT2D eigenvalue weighted by Gasteiger charge is -2.08. The molecule has 0 radical (unpaired) electrons. The number of nitrogens with two attached hydrogens (primary N) is 1. The molecule has 18 heavy (non-hydrogen) atoms. The predicted molar refractivity (Wildman–Crippen MR) is 68.1 cm³/mol. The molecule has 0 aliphatic rings. The second kappa shape index (κ2) is 4.03. The monoisotopic (exact) mass is 243 g/mol. The van der Waals surface area contributed by atoms with Crippen molar-refractivity contribution in [2.24, 2.45) is 0 Å². The van der Waals surface area contributed by atoms with Crippen LogP contribution in [0.3, 0.4) is 0 Å². The minimum absolute atomic E-state index is 0.354. The molecule has 90 valence electrons. The molecule has 5 heteroatoms. The van der Waals surface area contributed by atoms with E-state index in [1.165, 1.54) is 18.5 Å². The standard InChI is InChI=1S/C13H10FN3O/c14-8-1-3-11(10(15)5-8)17-9-2-4-12-13(6-9)18-7-16-12/h1-7,17H,15H2. The van der Waals surface area contributed by atoms with E-state index in [9.17, 15) is 4.39 Å². The zero-order chi connectivity index (χ0) is 12.5. The molecule has 3 aromatic rings. The molecule has 3 N–H and O–H groups in total. The number of hydrogen-bond acceptors (Lipinski definition) is 4. The van der Waals surface area contributed by atoms with Gasteiger partial charge < -0.3 is 15.5 Å². The summed E-state index contributed by atoms with van der Waals surface area (Å²) in [5.41, 5.74) is 9.00. The van der Waals surface area contributed by atoms with Crippen LogP contribution in [0.2, 0.25) is 0 Å². The first-order valence-electron chi connectivity index (χ1n) is 5.38. The van der Waals surface area contributed by atoms with Gasteiger partial charge in [0.15, 0.2) is 12.0 Å². The quantitative estimate of drug-likeness (QED) is 0.678. The molecular formula is C13H10FN3O. The van der Waals surface area contributed by atoms with Crippen LogP contribution in [-0.4, -0.2) is 4.98 Å². The van der Waals surface area contributed by atoms with E-state index in [1.54, 1.807) is 6.07 Å². The number of nitrogen functional groups attached to an aromatic ring is 1. The van der Waals surface area contributed by atoms with E-state index in [0.29, 0.717) is 17.0 Å². The summed E-state index contributed by atoms with van der Waals surface area (Å²) in [6, 6.07) is 9.72. The smallest absolute Gasteiger partial charge is 0.181 e. The molecule has 3 rings (SSSR count). The maximum absolute atomic E-state index is 12.9. The van der Waals surface area contributed by atoms with Crippen molar-refractivity contribution in [2.75, 3.05) is 11.1 Å². The maximum Gasteiger partial charge on any atom is 0.181 e. The fourth-order valence-corrected chi connectivity index (χ4v) is 1.74. The van der Waals surface area contributed by atoms with Crippen molar-refractivity contribution in [3.8, 4) is 0 Å². The zero-order valence-corrected chi connectivity index (χ0v) is 9.35. The number of benzene rings is 2. The molecule has 0 aliphatic heterocycles. The average Bonchev–Trinajstić information content (AvgIpc) is 2.80. The van der Waals surface area contributed by atoms with E-state index in [-0.39, 0.29) is 5.82 Å². The normalized spacial score (nSPS) is 10.7. The van der Waals surface area contributed by atoms with Crippen LogP contribution in [0.1, 0.15) is 0 Å². The summed E-state index contributed by atoms with van der Waals surface area (Å²) in [7, 11) is 0. The Balaban J connectivity index is 1.95. The van der Waals surface area contributed by atoms with Gasteiger partial charge in [0.2, 0.25) is 0 Å². The zero-order valence-electron chi connectivity index (χ0n) is 9.35. The molecular weight excluding hydrogens is 233 g/mol. The average molecular weight is 243 g/mol. The summed E-state index contributed by atoms with van der Waals surface area (Å²) in [5.74, 6) is -0.358. The van der Waals surface area contributed by atoms with Crippen molar-refractivity contribution in [3.05, 3.63) is 48.6 Å². The highest BCUT2D eigenvalue weighted by Gasteiger charge is 2.03. The molecule has 1 heterocycles. The van der Waals surface area contributed by atoms with Gasteiger partial charge in [0.05, 0.1) is 11.4 Å². The highest BCUT2D eigenvalue weighted by molar-refractivity contribution is 5.80. The minimum atomic E-state index is -0.358. The van der Waals surface area contributed by atoms with Gasteiger partial charge in [-0.2, -0.15) is 0 Å². The number of halogens is 1. The Morgan fingerprint density at radius 3 is 2.89 bits per heavy atom. The van der Waals surface area contributed by atoms with Gasteiger partial charge in [-0.05, 0) is 30.3 Å². The van der Waals surface area contributed by atoms with Gasteiger partial charge in [-0.25, -0.2) is 9.37 Å². The third-order valence-corrected chi connectivity index (χ3v) is 2.62. The van der Waals surface area contributed by atoms with Crippen LogP contribution in [0.4, 0.5) is 21.5 Å². The third-order valence-electron chi connectivity index (χ3n) is 2.62. The van der Waals surface area contributed by atoms with E-state index in [2.05, 4.69) is 10.3 Å². The summed E-state index contributed by atoms with van der Waals surface area (Å²) < 4.78 is 18.1. The van der Waals surface area contributed by atoms with E-state index in [4.69, 9.17) is 10.2 Å². The Hall–Kier alpha value is -2.56. The van der Waals surface area contributed by atoms with Crippen molar-refractivity contribution in [3.63, 3.8) is 0 Å². The Kier molecular flexibility index (Phi) is 2.37. The molecule has 0 bridgehead atoms. The van der Waals surface area contributed by atoms with Crippen LogP contribution < -0.4 is 11.1 Å². The molecule has 0 atom stereocenters. The summed E-state index contributed by atoms with van der Waals surface area (Å²) in [5, 5.41) is 3.10. The number of hydrogen-bond donors (Lipinski definition) is 2. The second-order valence-corrected chi connectivity index (χ2v) is 3.89. The lowest BCUT2D eigenvalue weighted by Crippen LogP contribution is -1.96. The lowest BCUT2D eigenvalue weighted by molar-refractivity contribution is 0.602. The summed E-state index contributed by atoms with van der Waals surface area (Å²) in [6.07, 6.45) is 1.39. The van der Waals surface area contributed by atoms with Gasteiger partial charge in [-0.3, -0.25) is 0 Å². The molecule has 0 aliphatic carbocycles. The van der Waals surface area contributed by atoms with Gasteiger partial charge in [0.1, 0.15) is 11.3 Å². The number of anilines is 3. The number of nitrogens with one attached hydrogen (secondary N) is 1. The van der Waals surface area contributed by atoms with Crippen LogP contribution in [-0.2, 0) is 0 Å². The molecule has 0 amide bonds. The lowest BCUT2D eigenvalue weighted by atomic mass is 10.2. The number of nitrogens with zero attached hydrogens (tertiary/aromatic N) is 1. The summed E-state index contributed by atoms with van der Waals surface area (Å²) >= 11 is 0. The van der Waals surface area contributed by atoms with Gasteiger partial charge in [-0.15, -0.1) is 0 Å². The van der Waals surface area contributed by atoms with Crippen LogP contribution in [0.25, 0.3) is 11.1 Å². The molecule has 0 saturated carbocycles. The van der Waals surface area contributed by atoms with Crippen molar-refractivity contribution < 1.29 is 8.81 Å². The van der Waals surface area contributed by atoms with Crippen LogP contribution in [0, 0.1) is 5.82 Å². The SMILES string of the molecule is Nc1cc(F)ccc1Nc1ccc2ncoc2c1. The highest BCUT2D eigenvalue weighted by Crippen LogP contribution is 2.25. The fraction of sp³-hybridized carbons (Fsp3) is 0. The fourth-order valence-electron chi connectivity index (χ4n) is 1.74. The van der Waals surface area contributed by atoms with E-state index in [0.717, 1.165) is 11.2 Å². The molecule has 1 aromatic heterocycles. The number of fused-ring (bicyclic) bond motifs is 1. The third kappa shape index (κ3) is 1.86. The minimum Gasteiger partial charge on any atom is -0.443 e. The van der Waals surface area contributed by atoms with Crippen molar-refractivity contribution >= 4 is 28.2 Å². The molecule has 0 saturated heterocycles.